The number of halogens is 9. The Bertz CT molecular complexity index is 391. The van der Waals surface area contributed by atoms with Crippen molar-refractivity contribution >= 4 is 151 Å². The Balaban J connectivity index is 6.78. The van der Waals surface area contributed by atoms with Gasteiger partial charge in [0.1, 0.15) is 8.92 Å². The highest BCUT2D eigenvalue weighted by Gasteiger charge is 2.66. The summed E-state index contributed by atoms with van der Waals surface area (Å²) in [5.41, 5.74) is -0.199. The molecule has 0 aliphatic rings. The van der Waals surface area contributed by atoms with Crippen LogP contribution in [-0.4, -0.2) is 24.9 Å². The van der Waals surface area contributed by atoms with Crippen LogP contribution in [0.25, 0.3) is 0 Å². The summed E-state index contributed by atoms with van der Waals surface area (Å²) in [5.74, 6) is 0. The molecule has 0 amide bonds. The van der Waals surface area contributed by atoms with E-state index in [0.717, 1.165) is 16.0 Å². The minimum Gasteiger partial charge on any atom is -0.0921 e. The number of alkyl halides is 9. The van der Waals surface area contributed by atoms with Crippen molar-refractivity contribution in [1.82, 2.24) is 0 Å². The molecule has 0 nitrogen and oxygen atoms in total. The maximum atomic E-state index is 4.11. The molecule has 0 radical (unpaired) electrons. The monoisotopic (exact) mass is 945 g/mol. The lowest BCUT2D eigenvalue weighted by Crippen LogP contribution is -2.50. The zero-order chi connectivity index (χ0) is 20.7. The summed E-state index contributed by atoms with van der Waals surface area (Å²) in [6.07, 6.45) is 0. The molecule has 0 heterocycles. The van der Waals surface area contributed by atoms with Gasteiger partial charge in [-0.3, -0.25) is 0 Å². The summed E-state index contributed by atoms with van der Waals surface area (Å²) in [5, 5.41) is 2.56. The lowest BCUT2D eigenvalue weighted by atomic mass is 9.99. The maximum absolute atomic E-state index is 4.11. The SMILES string of the molecule is CC(C)(CBr)C(Br)(Br)P(C(Br)(Br)C(C)(C)CBr)C(Br)(Br)C(C)(C)CBr. The Kier molecular flexibility index (Phi) is 12.1. The molecule has 0 aromatic heterocycles. The molecule has 10 heteroatoms. The summed E-state index contributed by atoms with van der Waals surface area (Å²) >= 11 is 35.8. The first-order valence-electron chi connectivity index (χ1n) is 7.42. The number of rotatable bonds is 9. The van der Waals surface area contributed by atoms with Crippen molar-refractivity contribution < 1.29 is 0 Å². The molecule has 0 rings (SSSR count). The van der Waals surface area contributed by atoms with E-state index in [4.69, 9.17) is 0 Å². The predicted molar refractivity (Wildman–Crippen MR) is 151 cm³/mol. The van der Waals surface area contributed by atoms with E-state index in [1.807, 2.05) is 0 Å². The quantitative estimate of drug-likeness (QED) is 0.160. The van der Waals surface area contributed by atoms with Crippen LogP contribution in [0.5, 0.6) is 0 Å². The van der Waals surface area contributed by atoms with Gasteiger partial charge in [-0.25, -0.2) is 0 Å². The van der Waals surface area contributed by atoms with Crippen molar-refractivity contribution in [2.75, 3.05) is 16.0 Å². The van der Waals surface area contributed by atoms with E-state index in [9.17, 15) is 0 Å². The number of hydrogen-bond acceptors (Lipinski definition) is 0. The summed E-state index contributed by atoms with van der Waals surface area (Å²) in [7, 11) is -0.862. The summed E-state index contributed by atoms with van der Waals surface area (Å²) in [6, 6.07) is 0. The molecular weight excluding hydrogens is 930 g/mol. The van der Waals surface area contributed by atoms with Crippen LogP contribution < -0.4 is 0 Å². The van der Waals surface area contributed by atoms with Gasteiger partial charge in [0.15, 0.2) is 0 Å². The van der Waals surface area contributed by atoms with Crippen molar-refractivity contribution in [2.24, 2.45) is 16.2 Å². The average molecular weight is 954 g/mol. The van der Waals surface area contributed by atoms with Gasteiger partial charge < -0.3 is 0 Å². The third-order valence-corrected chi connectivity index (χ3v) is 24.8. The van der Waals surface area contributed by atoms with E-state index in [-0.39, 0.29) is 25.2 Å². The van der Waals surface area contributed by atoms with Gasteiger partial charge in [0.2, 0.25) is 0 Å². The molecule has 0 aliphatic carbocycles. The zero-order valence-corrected chi connectivity index (χ0v) is 30.1. The highest BCUT2D eigenvalue weighted by Crippen LogP contribution is 2.87. The van der Waals surface area contributed by atoms with Crippen molar-refractivity contribution in [3.05, 3.63) is 0 Å². The van der Waals surface area contributed by atoms with Gasteiger partial charge in [0.05, 0.1) is 0 Å². The molecule has 0 bridgehead atoms. The topological polar surface area (TPSA) is 0 Å². The smallest absolute Gasteiger partial charge is 0.0921 e. The van der Waals surface area contributed by atoms with Crippen LogP contribution in [-0.2, 0) is 0 Å². The van der Waals surface area contributed by atoms with E-state index in [0.29, 0.717) is 0 Å². The fourth-order valence-corrected chi connectivity index (χ4v) is 27.9. The first-order chi connectivity index (χ1) is 10.8. The molecule has 0 aromatic carbocycles. The molecule has 0 atom stereocenters. The second-order valence-electron chi connectivity index (χ2n) is 8.01. The van der Waals surface area contributed by atoms with Crippen LogP contribution in [0.2, 0.25) is 0 Å². The Labute approximate surface area is 230 Å². The van der Waals surface area contributed by atoms with Crippen molar-refractivity contribution in [3.8, 4) is 0 Å². The lowest BCUT2D eigenvalue weighted by molar-refractivity contribution is 0.413. The molecule has 0 spiro atoms. The molecule has 0 saturated heterocycles. The average Bonchev–Trinajstić information content (AvgIpc) is 2.45. The Morgan fingerprint density at radius 2 is 0.640 bits per heavy atom. The van der Waals surface area contributed by atoms with Gasteiger partial charge in [-0.05, 0) is 7.92 Å². The lowest BCUT2D eigenvalue weighted by Gasteiger charge is -2.59. The molecule has 152 valence electrons. The summed E-state index contributed by atoms with van der Waals surface area (Å²) in [6.45, 7) is 13.6. The standard InChI is InChI=1S/C15H24Br9P/c1-10(2,7-16)13(19,20)25(14(21,22)11(3,4)8-17)15(23,24)12(5,6)9-18/h7-9H2,1-6H3. The van der Waals surface area contributed by atoms with E-state index in [2.05, 4.69) is 185 Å². The van der Waals surface area contributed by atoms with Crippen LogP contribution in [0.3, 0.4) is 0 Å². The normalized spacial score (nSPS) is 15.8. The third kappa shape index (κ3) is 5.96. The van der Waals surface area contributed by atoms with Gasteiger partial charge in [-0.2, -0.15) is 0 Å². The summed E-state index contributed by atoms with van der Waals surface area (Å²) < 4.78 is -1.03. The molecule has 25 heavy (non-hydrogen) atoms. The van der Waals surface area contributed by atoms with E-state index < -0.39 is 7.92 Å². The largest absolute Gasteiger partial charge is 0.110 e. The molecule has 0 aliphatic heterocycles. The van der Waals surface area contributed by atoms with Crippen LogP contribution in [0.4, 0.5) is 0 Å². The molecule has 0 fully saturated rings. The third-order valence-electron chi connectivity index (χ3n) is 4.29. The zero-order valence-electron chi connectivity index (χ0n) is 15.0. The van der Waals surface area contributed by atoms with E-state index >= 15 is 0 Å². The second-order valence-corrected chi connectivity index (χ2v) is 26.4. The number of hydrogen-bond donors (Lipinski definition) is 0. The summed E-state index contributed by atoms with van der Waals surface area (Å²) in [4.78, 5) is 0. The maximum Gasteiger partial charge on any atom is 0.110 e. The van der Waals surface area contributed by atoms with Crippen molar-refractivity contribution in [2.45, 2.75) is 50.5 Å². The Morgan fingerprint density at radius 3 is 0.760 bits per heavy atom. The van der Waals surface area contributed by atoms with Crippen molar-refractivity contribution in [3.63, 3.8) is 0 Å². The minimum atomic E-state index is -0.862. The van der Waals surface area contributed by atoms with Crippen LogP contribution >= 0.6 is 151 Å². The van der Waals surface area contributed by atoms with Crippen LogP contribution in [0.1, 0.15) is 41.5 Å². The first kappa shape index (κ1) is 29.8. The predicted octanol–water partition coefficient (Wildman–Crippen LogP) is 11.1. The van der Waals surface area contributed by atoms with Gasteiger partial charge in [0.25, 0.3) is 0 Å². The van der Waals surface area contributed by atoms with E-state index in [1.165, 1.54) is 0 Å². The van der Waals surface area contributed by atoms with Crippen LogP contribution in [0, 0.1) is 16.2 Å². The second kappa shape index (κ2) is 10.1. The molecule has 0 saturated carbocycles. The molecular formula is C15H24Br9P. The molecule has 0 N–H and O–H groups in total. The minimum absolute atomic E-state index is 0.0664. The van der Waals surface area contributed by atoms with Crippen molar-refractivity contribution in [1.29, 1.82) is 0 Å². The first-order valence-corrected chi connectivity index (χ1v) is 16.9. The molecule has 0 aromatic rings. The highest BCUT2D eigenvalue weighted by molar-refractivity contribution is 9.32. The van der Waals surface area contributed by atoms with Gasteiger partial charge >= 0.3 is 0 Å². The highest BCUT2D eigenvalue weighted by atomic mass is 79.9. The van der Waals surface area contributed by atoms with Crippen LogP contribution in [0.15, 0.2) is 0 Å². The fourth-order valence-electron chi connectivity index (χ4n) is 1.68. The van der Waals surface area contributed by atoms with Gasteiger partial charge in [0, 0.05) is 32.2 Å². The Hall–Kier alpha value is 4.75. The molecule has 0 unspecified atom stereocenters. The van der Waals surface area contributed by atoms with Gasteiger partial charge in [-0.15, -0.1) is 0 Å². The van der Waals surface area contributed by atoms with E-state index in [1.54, 1.807) is 0 Å². The Morgan fingerprint density at radius 1 is 0.480 bits per heavy atom. The fraction of sp³-hybridized carbons (Fsp3) is 1.00. The van der Waals surface area contributed by atoms with Gasteiger partial charge in [-0.1, -0.05) is 185 Å².